The summed E-state index contributed by atoms with van der Waals surface area (Å²) in [6, 6.07) is -7.32. The van der Waals surface area contributed by atoms with Crippen molar-refractivity contribution in [3.05, 3.63) is 0 Å². The van der Waals surface area contributed by atoms with Gasteiger partial charge in [-0.2, -0.15) is 52.3 Å². The maximum absolute atomic E-state index is 12.6. The van der Waals surface area contributed by atoms with Crippen LogP contribution in [0, 0.1) is 0 Å². The summed E-state index contributed by atoms with van der Waals surface area (Å²) in [6.07, 6.45) is -14.2. The molecule has 0 aromatic carbocycles. The molecule has 0 atom stereocenters. The molecule has 0 aliphatic heterocycles. The maximum Gasteiger partial charge on any atom is 1.00 e. The van der Waals surface area contributed by atoms with Crippen molar-refractivity contribution in [2.75, 3.05) is 0 Å². The van der Waals surface area contributed by atoms with Crippen LogP contribution in [-0.2, 0) is 10.1 Å². The van der Waals surface area contributed by atoms with E-state index in [0.717, 1.165) is 0 Å². The molecule has 0 fully saturated rings. The van der Waals surface area contributed by atoms with E-state index in [-0.39, 0.29) is 20.3 Å². The first-order valence-corrected chi connectivity index (χ1v) is 4.97. The Morgan fingerprint density at radius 1 is 0.800 bits per heavy atom. The van der Waals surface area contributed by atoms with Gasteiger partial charge in [-0.25, -0.2) is 0 Å². The van der Waals surface area contributed by atoms with Crippen LogP contribution >= 0.6 is 0 Å². The summed E-state index contributed by atoms with van der Waals surface area (Å²) in [6.45, 7) is 0. The van der Waals surface area contributed by atoms with Gasteiger partial charge < -0.3 is 1.43 Å². The quantitative estimate of drug-likeness (QED) is 0.326. The molecule has 16 heteroatoms. The molecule has 0 spiro atoms. The first-order chi connectivity index (χ1) is 7.87. The standard InChI is InChI=1S/C4HF10NO3S.Li.H/c5-1(6,2(7,8)19(16,17)18)15(3(9,10)11)4(12,13)14;;/h(H,16,17,18);;/q;+1;-1. The summed E-state index contributed by atoms with van der Waals surface area (Å²) in [7, 11) is -7.25. The summed E-state index contributed by atoms with van der Waals surface area (Å²) < 4.78 is 148. The molecule has 0 heterocycles. The molecule has 4 nitrogen and oxygen atoms in total. The summed E-state index contributed by atoms with van der Waals surface area (Å²) in [5, 5.41) is -7.05. The maximum atomic E-state index is 12.6. The second-order valence-corrected chi connectivity index (χ2v) is 4.27. The Kier molecular flexibility index (Phi) is 6.08. The van der Waals surface area contributed by atoms with Crippen molar-refractivity contribution >= 4 is 10.1 Å². The van der Waals surface area contributed by atoms with Crippen molar-refractivity contribution in [3.63, 3.8) is 0 Å². The Hall–Kier alpha value is -0.233. The molecule has 0 amide bonds. The molecular formula is C4H2F10LiNO3S. The van der Waals surface area contributed by atoms with Crippen molar-refractivity contribution in [2.24, 2.45) is 0 Å². The summed E-state index contributed by atoms with van der Waals surface area (Å²) in [4.78, 5) is -3.93. The van der Waals surface area contributed by atoms with E-state index in [0.29, 0.717) is 0 Å². The zero-order valence-electron chi connectivity index (χ0n) is 9.90. The van der Waals surface area contributed by atoms with Crippen LogP contribution in [-0.4, -0.2) is 41.8 Å². The van der Waals surface area contributed by atoms with Gasteiger partial charge in [-0.1, -0.05) is 4.90 Å². The van der Waals surface area contributed by atoms with E-state index >= 15 is 0 Å². The molecule has 0 aromatic rings. The minimum Gasteiger partial charge on any atom is -1.00 e. The van der Waals surface area contributed by atoms with Gasteiger partial charge in [0.05, 0.1) is 0 Å². The van der Waals surface area contributed by atoms with Crippen molar-refractivity contribution in [3.8, 4) is 0 Å². The fourth-order valence-electron chi connectivity index (χ4n) is 0.748. The fourth-order valence-corrected chi connectivity index (χ4v) is 1.15. The third-order valence-corrected chi connectivity index (χ3v) is 2.36. The number of nitrogens with zero attached hydrogens (tertiary/aromatic N) is 1. The molecule has 0 radical (unpaired) electrons. The molecule has 0 rings (SSSR count). The number of alkyl halides is 10. The average Bonchev–Trinajstić information content (AvgIpc) is 1.92. The second-order valence-electron chi connectivity index (χ2n) is 2.80. The van der Waals surface area contributed by atoms with Crippen LogP contribution in [0.2, 0.25) is 0 Å². The Balaban J connectivity index is -0.00000162. The minimum atomic E-state index is -7.32. The van der Waals surface area contributed by atoms with Gasteiger partial charge in [0.25, 0.3) is 0 Å². The van der Waals surface area contributed by atoms with Crippen LogP contribution in [0.3, 0.4) is 0 Å². The Bertz CT molecular complexity index is 432. The van der Waals surface area contributed by atoms with E-state index in [4.69, 9.17) is 4.55 Å². The molecule has 0 aliphatic carbocycles. The van der Waals surface area contributed by atoms with Crippen LogP contribution in [0.5, 0.6) is 0 Å². The molecule has 0 bridgehead atoms. The number of halogens is 10. The normalized spacial score (nSPS) is 15.2. The summed E-state index contributed by atoms with van der Waals surface area (Å²) in [5.74, 6) is 0. The zero-order valence-corrected chi connectivity index (χ0v) is 9.72. The Morgan fingerprint density at radius 2 is 1.05 bits per heavy atom. The molecule has 0 aliphatic rings. The van der Waals surface area contributed by atoms with E-state index < -0.39 is 38.9 Å². The summed E-state index contributed by atoms with van der Waals surface area (Å²) >= 11 is 0. The van der Waals surface area contributed by atoms with Gasteiger partial charge in [-0.15, -0.1) is 0 Å². The van der Waals surface area contributed by atoms with E-state index in [9.17, 15) is 52.3 Å². The zero-order chi connectivity index (χ0) is 16.1. The third kappa shape index (κ3) is 3.90. The van der Waals surface area contributed by atoms with Crippen molar-refractivity contribution < 1.29 is 77.2 Å². The second kappa shape index (κ2) is 5.52. The molecule has 0 saturated heterocycles. The molecule has 118 valence electrons. The van der Waals surface area contributed by atoms with Crippen molar-refractivity contribution in [1.82, 2.24) is 4.90 Å². The van der Waals surface area contributed by atoms with Crippen LogP contribution in [0.4, 0.5) is 43.9 Å². The molecule has 0 aromatic heterocycles. The number of hydrogen-bond acceptors (Lipinski definition) is 3. The van der Waals surface area contributed by atoms with Gasteiger partial charge in [0, 0.05) is 0 Å². The van der Waals surface area contributed by atoms with Crippen LogP contribution in [0.1, 0.15) is 1.43 Å². The van der Waals surface area contributed by atoms with Gasteiger partial charge >= 0.3 is 52.9 Å². The van der Waals surface area contributed by atoms with Crippen LogP contribution in [0.15, 0.2) is 0 Å². The largest absolute Gasteiger partial charge is 1.00 e. The Morgan fingerprint density at radius 3 is 1.20 bits per heavy atom. The van der Waals surface area contributed by atoms with Gasteiger partial charge in [0.2, 0.25) is 0 Å². The van der Waals surface area contributed by atoms with Gasteiger partial charge in [-0.05, 0) is 0 Å². The Labute approximate surface area is 117 Å². The van der Waals surface area contributed by atoms with Crippen LogP contribution < -0.4 is 18.9 Å². The van der Waals surface area contributed by atoms with Crippen molar-refractivity contribution in [2.45, 2.75) is 23.9 Å². The monoisotopic (exact) mass is 341 g/mol. The number of rotatable bonds is 3. The SMILES string of the molecule is O=S(=O)(O)C(F)(F)C(F)(F)N(C(F)(F)F)C(F)(F)F.[H-].[Li+]. The van der Waals surface area contributed by atoms with Crippen LogP contribution in [0.25, 0.3) is 0 Å². The van der Waals surface area contributed by atoms with E-state index in [1.165, 1.54) is 0 Å². The average molecular weight is 341 g/mol. The van der Waals surface area contributed by atoms with E-state index in [2.05, 4.69) is 0 Å². The van der Waals surface area contributed by atoms with Crippen molar-refractivity contribution in [1.29, 1.82) is 0 Å². The first kappa shape index (κ1) is 22.1. The molecule has 1 N–H and O–H groups in total. The topological polar surface area (TPSA) is 57.6 Å². The van der Waals surface area contributed by atoms with Gasteiger partial charge in [0.15, 0.2) is 0 Å². The smallest absolute Gasteiger partial charge is 1.00 e. The van der Waals surface area contributed by atoms with E-state index in [1.54, 1.807) is 0 Å². The fraction of sp³-hybridized carbons (Fsp3) is 1.00. The van der Waals surface area contributed by atoms with Gasteiger partial charge in [0.1, 0.15) is 0 Å². The molecule has 0 unspecified atom stereocenters. The van der Waals surface area contributed by atoms with E-state index in [1.807, 2.05) is 0 Å². The molecule has 0 saturated carbocycles. The molecule has 20 heavy (non-hydrogen) atoms. The third-order valence-electron chi connectivity index (χ3n) is 1.46. The number of hydrogen-bond donors (Lipinski definition) is 1. The predicted octanol–water partition coefficient (Wildman–Crippen LogP) is -0.482. The summed E-state index contributed by atoms with van der Waals surface area (Å²) in [5.41, 5.74) is 0. The molecular weight excluding hydrogens is 339 g/mol. The minimum absolute atomic E-state index is 0. The first-order valence-electron chi connectivity index (χ1n) is 3.53. The van der Waals surface area contributed by atoms with Gasteiger partial charge in [-0.3, -0.25) is 4.55 Å². The predicted molar refractivity (Wildman–Crippen MR) is 36.5 cm³/mol.